The predicted molar refractivity (Wildman–Crippen MR) is 65.0 cm³/mol. The Morgan fingerprint density at radius 2 is 1.89 bits per heavy atom. The molecule has 0 aliphatic rings. The number of alkyl halides is 3. The molecule has 0 fully saturated rings. The Bertz CT molecular complexity index is 730. The summed E-state index contributed by atoms with van der Waals surface area (Å²) in [6.45, 7) is 0. The second kappa shape index (κ2) is 4.64. The van der Waals surface area contributed by atoms with E-state index in [1.54, 1.807) is 6.07 Å². The van der Waals surface area contributed by atoms with Gasteiger partial charge in [0.1, 0.15) is 0 Å². The van der Waals surface area contributed by atoms with Crippen LogP contribution < -0.4 is 4.18 Å². The lowest BCUT2D eigenvalue weighted by molar-refractivity contribution is -0.0500. The van der Waals surface area contributed by atoms with E-state index in [1.165, 1.54) is 18.2 Å². The van der Waals surface area contributed by atoms with E-state index in [2.05, 4.69) is 25.1 Å². The van der Waals surface area contributed by atoms with Gasteiger partial charge in [0.2, 0.25) is 5.88 Å². The first kappa shape index (κ1) is 14.1. The molecule has 2 rings (SSSR count). The van der Waals surface area contributed by atoms with Gasteiger partial charge >= 0.3 is 15.6 Å². The molecule has 1 aromatic carbocycles. The fourth-order valence-corrected chi connectivity index (χ4v) is 2.15. The molecule has 0 aliphatic carbocycles. The molecule has 0 unspecified atom stereocenters. The monoisotopic (exact) mass is 355 g/mol. The van der Waals surface area contributed by atoms with E-state index in [-0.39, 0.29) is 5.39 Å². The van der Waals surface area contributed by atoms with Crippen molar-refractivity contribution in [1.82, 2.24) is 4.98 Å². The van der Waals surface area contributed by atoms with Crippen LogP contribution in [-0.4, -0.2) is 18.9 Å². The summed E-state index contributed by atoms with van der Waals surface area (Å²) in [5, 5.41) is 0.662. The number of aromatic nitrogens is 1. The van der Waals surface area contributed by atoms with Gasteiger partial charge in [-0.1, -0.05) is 15.9 Å². The van der Waals surface area contributed by atoms with Crippen LogP contribution in [-0.2, 0) is 10.1 Å². The van der Waals surface area contributed by atoms with E-state index in [0.29, 0.717) is 9.86 Å². The van der Waals surface area contributed by atoms with Crippen LogP contribution in [0.3, 0.4) is 0 Å². The largest absolute Gasteiger partial charge is 0.534 e. The summed E-state index contributed by atoms with van der Waals surface area (Å²) in [5.74, 6) is -0.609. The third-order valence-electron chi connectivity index (χ3n) is 2.16. The van der Waals surface area contributed by atoms with Crippen LogP contribution in [0.4, 0.5) is 13.2 Å². The average molecular weight is 356 g/mol. The van der Waals surface area contributed by atoms with Crippen LogP contribution in [0.25, 0.3) is 10.8 Å². The van der Waals surface area contributed by atoms with Crippen molar-refractivity contribution >= 4 is 36.8 Å². The van der Waals surface area contributed by atoms with E-state index in [9.17, 15) is 21.6 Å². The Morgan fingerprint density at radius 3 is 2.53 bits per heavy atom. The number of hydrogen-bond donors (Lipinski definition) is 0. The molecule has 9 heteroatoms. The smallest absolute Gasteiger partial charge is 0.355 e. The molecule has 0 atom stereocenters. The summed E-state index contributed by atoms with van der Waals surface area (Å²) in [6, 6.07) is 6.07. The van der Waals surface area contributed by atoms with Crippen LogP contribution in [0.5, 0.6) is 5.88 Å². The van der Waals surface area contributed by atoms with Crippen molar-refractivity contribution in [2.45, 2.75) is 5.51 Å². The van der Waals surface area contributed by atoms with Crippen molar-refractivity contribution in [1.29, 1.82) is 0 Å². The van der Waals surface area contributed by atoms with Crippen LogP contribution in [0.1, 0.15) is 0 Å². The highest BCUT2D eigenvalue weighted by Gasteiger charge is 2.49. The number of pyridine rings is 1. The highest BCUT2D eigenvalue weighted by atomic mass is 79.9. The Morgan fingerprint density at radius 1 is 1.21 bits per heavy atom. The molecular formula is C10H5BrF3NO3S. The van der Waals surface area contributed by atoms with E-state index < -0.39 is 21.5 Å². The maximum atomic E-state index is 12.2. The van der Waals surface area contributed by atoms with Crippen molar-refractivity contribution in [3.63, 3.8) is 0 Å². The zero-order valence-electron chi connectivity index (χ0n) is 8.98. The average Bonchev–Trinajstić information content (AvgIpc) is 2.26. The first-order chi connectivity index (χ1) is 8.71. The lowest BCUT2D eigenvalue weighted by atomic mass is 10.2. The molecule has 0 N–H and O–H groups in total. The number of fused-ring (bicyclic) bond motifs is 1. The number of hydrogen-bond acceptors (Lipinski definition) is 4. The SMILES string of the molecule is O=S(=O)(Oc1nccc2cc(Br)ccc12)C(F)(F)F. The summed E-state index contributed by atoms with van der Waals surface area (Å²) in [4.78, 5) is 3.52. The fraction of sp³-hybridized carbons (Fsp3) is 0.100. The Kier molecular flexibility index (Phi) is 3.43. The summed E-state index contributed by atoms with van der Waals surface area (Å²) >= 11 is 3.19. The van der Waals surface area contributed by atoms with Crippen LogP contribution in [0.15, 0.2) is 34.9 Å². The van der Waals surface area contributed by atoms with E-state index in [0.717, 1.165) is 6.20 Å². The summed E-state index contributed by atoms with van der Waals surface area (Å²) in [6.07, 6.45) is 1.16. The van der Waals surface area contributed by atoms with E-state index in [1.807, 2.05) is 0 Å². The summed E-state index contributed by atoms with van der Waals surface area (Å²) in [7, 11) is -5.73. The van der Waals surface area contributed by atoms with Gasteiger partial charge in [0.05, 0.1) is 0 Å². The van der Waals surface area contributed by atoms with Crippen molar-refractivity contribution in [3.8, 4) is 5.88 Å². The predicted octanol–water partition coefficient (Wildman–Crippen LogP) is 3.23. The molecule has 2 aromatic rings. The van der Waals surface area contributed by atoms with E-state index >= 15 is 0 Å². The van der Waals surface area contributed by atoms with Crippen LogP contribution in [0.2, 0.25) is 0 Å². The first-order valence-electron chi connectivity index (χ1n) is 4.76. The first-order valence-corrected chi connectivity index (χ1v) is 6.96. The van der Waals surface area contributed by atoms with Crippen molar-refractivity contribution in [3.05, 3.63) is 34.9 Å². The topological polar surface area (TPSA) is 56.3 Å². The van der Waals surface area contributed by atoms with Gasteiger partial charge in [-0.15, -0.1) is 0 Å². The van der Waals surface area contributed by atoms with Crippen molar-refractivity contribution in [2.75, 3.05) is 0 Å². The third kappa shape index (κ3) is 2.81. The number of rotatable bonds is 2. The number of nitrogens with zero attached hydrogens (tertiary/aromatic N) is 1. The molecule has 4 nitrogen and oxygen atoms in total. The lowest BCUT2D eigenvalue weighted by Gasteiger charge is -2.10. The zero-order chi connectivity index (χ0) is 14.3. The number of halogens is 4. The third-order valence-corrected chi connectivity index (χ3v) is 3.60. The van der Waals surface area contributed by atoms with Crippen molar-refractivity contribution in [2.24, 2.45) is 0 Å². The molecule has 1 aromatic heterocycles. The van der Waals surface area contributed by atoms with Gasteiger partial charge in [0.15, 0.2) is 0 Å². The zero-order valence-corrected chi connectivity index (χ0v) is 11.4. The lowest BCUT2D eigenvalue weighted by Crippen LogP contribution is -2.28. The summed E-state index contributed by atoms with van der Waals surface area (Å²) < 4.78 is 63.3. The van der Waals surface area contributed by atoms with Gasteiger partial charge in [-0.25, -0.2) is 4.98 Å². The highest BCUT2D eigenvalue weighted by molar-refractivity contribution is 9.10. The molecule has 102 valence electrons. The molecule has 0 saturated carbocycles. The van der Waals surface area contributed by atoms with Gasteiger partial charge in [-0.3, -0.25) is 0 Å². The quantitative estimate of drug-likeness (QED) is 0.613. The van der Waals surface area contributed by atoms with Gasteiger partial charge in [-0.2, -0.15) is 21.6 Å². The normalized spacial score (nSPS) is 12.6. The van der Waals surface area contributed by atoms with E-state index in [4.69, 9.17) is 0 Å². The maximum absolute atomic E-state index is 12.2. The minimum absolute atomic E-state index is 0.165. The van der Waals surface area contributed by atoms with Crippen LogP contribution in [0, 0.1) is 0 Å². The molecule has 0 amide bonds. The Labute approximate surface area is 114 Å². The standard InChI is InChI=1S/C10H5BrF3NO3S/c11-7-1-2-8-6(5-7)3-4-15-9(8)18-19(16,17)10(12,13)14/h1-5H. The molecule has 0 radical (unpaired) electrons. The van der Waals surface area contributed by atoms with Gasteiger partial charge < -0.3 is 4.18 Å². The molecule has 19 heavy (non-hydrogen) atoms. The molecule has 0 saturated heterocycles. The molecule has 1 heterocycles. The van der Waals surface area contributed by atoms with Crippen molar-refractivity contribution < 1.29 is 25.8 Å². The minimum atomic E-state index is -5.73. The Balaban J connectivity index is 2.53. The second-order valence-electron chi connectivity index (χ2n) is 3.46. The molecule has 0 aliphatic heterocycles. The van der Waals surface area contributed by atoms with Crippen LogP contribution >= 0.6 is 15.9 Å². The van der Waals surface area contributed by atoms with Gasteiger partial charge in [-0.05, 0) is 29.7 Å². The molecule has 0 spiro atoms. The highest BCUT2D eigenvalue weighted by Crippen LogP contribution is 2.31. The van der Waals surface area contributed by atoms with Gasteiger partial charge in [0, 0.05) is 16.1 Å². The van der Waals surface area contributed by atoms with Gasteiger partial charge in [0.25, 0.3) is 0 Å². The molecule has 0 bridgehead atoms. The number of benzene rings is 1. The maximum Gasteiger partial charge on any atom is 0.534 e. The minimum Gasteiger partial charge on any atom is -0.355 e. The second-order valence-corrected chi connectivity index (χ2v) is 5.92. The Hall–Kier alpha value is -1.35. The fourth-order valence-electron chi connectivity index (χ4n) is 1.34. The summed E-state index contributed by atoms with van der Waals surface area (Å²) in [5.41, 5.74) is -5.49. The molecular weight excluding hydrogens is 351 g/mol.